The second kappa shape index (κ2) is 6.87. The lowest BCUT2D eigenvalue weighted by Crippen LogP contribution is -2.24. The summed E-state index contributed by atoms with van der Waals surface area (Å²) in [7, 11) is 0. The molecule has 2 heterocycles. The number of nitrogens with zero attached hydrogens (tertiary/aromatic N) is 2. The van der Waals surface area contributed by atoms with Gasteiger partial charge in [-0.2, -0.15) is 0 Å². The largest absolute Gasteiger partial charge is 0.468 e. The van der Waals surface area contributed by atoms with Crippen LogP contribution in [0.2, 0.25) is 0 Å². The summed E-state index contributed by atoms with van der Waals surface area (Å²) in [5, 5.41) is 0. The Balaban J connectivity index is 1.30. The molecule has 24 heavy (non-hydrogen) atoms. The zero-order valence-corrected chi connectivity index (χ0v) is 13.5. The van der Waals surface area contributed by atoms with Gasteiger partial charge in [0.2, 0.25) is 0 Å². The van der Waals surface area contributed by atoms with E-state index >= 15 is 0 Å². The van der Waals surface area contributed by atoms with Crippen molar-refractivity contribution in [2.24, 2.45) is 9.98 Å². The van der Waals surface area contributed by atoms with Crippen LogP contribution in [0.4, 0.5) is 0 Å². The van der Waals surface area contributed by atoms with Crippen LogP contribution in [0.3, 0.4) is 0 Å². The molecule has 0 saturated heterocycles. The van der Waals surface area contributed by atoms with Gasteiger partial charge in [-0.05, 0) is 11.1 Å². The van der Waals surface area contributed by atoms with Gasteiger partial charge in [0, 0.05) is 12.8 Å². The van der Waals surface area contributed by atoms with Gasteiger partial charge in [0.25, 0.3) is 11.8 Å². The van der Waals surface area contributed by atoms with Crippen molar-refractivity contribution in [2.45, 2.75) is 25.0 Å². The highest BCUT2D eigenvalue weighted by Gasteiger charge is 2.30. The first-order valence-electron chi connectivity index (χ1n) is 8.37. The first-order valence-corrected chi connectivity index (χ1v) is 8.37. The summed E-state index contributed by atoms with van der Waals surface area (Å²) in [5.74, 6) is 1.12. The van der Waals surface area contributed by atoms with Crippen molar-refractivity contribution in [3.05, 3.63) is 71.8 Å². The second-order valence-electron chi connectivity index (χ2n) is 6.15. The Labute approximate surface area is 141 Å². The molecule has 1 unspecified atom stereocenters. The van der Waals surface area contributed by atoms with Crippen LogP contribution in [0.1, 0.15) is 11.1 Å². The zero-order valence-electron chi connectivity index (χ0n) is 13.5. The van der Waals surface area contributed by atoms with E-state index in [0.717, 1.165) is 12.8 Å². The van der Waals surface area contributed by atoms with Gasteiger partial charge in [-0.1, -0.05) is 60.7 Å². The Morgan fingerprint density at radius 3 is 1.50 bits per heavy atom. The first-order chi connectivity index (χ1) is 11.9. The lowest BCUT2D eigenvalue weighted by atomic mass is 10.1. The Hall–Kier alpha value is -2.62. The summed E-state index contributed by atoms with van der Waals surface area (Å²) >= 11 is 0. The Kier molecular flexibility index (Phi) is 4.28. The van der Waals surface area contributed by atoms with Crippen LogP contribution in [-0.4, -0.2) is 37.1 Å². The van der Waals surface area contributed by atoms with Gasteiger partial charge in [-0.25, -0.2) is 9.98 Å². The standard InChI is InChI=1S/C20H20N2O2/c1-3-7-15(8-4-1)11-17-13-21-19(23-17)20-22-14-18(24-20)12-16-9-5-2-6-10-16/h1-10,17-18H,11-14H2/t17-,18?/m1/s1. The van der Waals surface area contributed by atoms with Crippen LogP contribution in [-0.2, 0) is 22.3 Å². The minimum atomic E-state index is 0.0712. The number of benzene rings is 2. The number of rotatable bonds is 5. The molecule has 2 atom stereocenters. The monoisotopic (exact) mass is 320 g/mol. The summed E-state index contributed by atoms with van der Waals surface area (Å²) in [5.41, 5.74) is 2.52. The van der Waals surface area contributed by atoms with E-state index in [9.17, 15) is 0 Å². The minimum absolute atomic E-state index is 0.0712. The van der Waals surface area contributed by atoms with E-state index in [0.29, 0.717) is 24.9 Å². The molecule has 0 saturated carbocycles. The molecule has 0 fully saturated rings. The average molecular weight is 320 g/mol. The highest BCUT2D eigenvalue weighted by molar-refractivity contribution is 6.36. The Bertz CT molecular complexity index is 675. The highest BCUT2D eigenvalue weighted by atomic mass is 16.6. The van der Waals surface area contributed by atoms with E-state index < -0.39 is 0 Å². The lowest BCUT2D eigenvalue weighted by Gasteiger charge is -2.13. The maximum atomic E-state index is 5.94. The predicted octanol–water partition coefficient (Wildman–Crippen LogP) is 3.07. The minimum Gasteiger partial charge on any atom is -0.468 e. The van der Waals surface area contributed by atoms with Crippen molar-refractivity contribution in [1.82, 2.24) is 0 Å². The first kappa shape index (κ1) is 14.9. The van der Waals surface area contributed by atoms with Crippen molar-refractivity contribution in [1.29, 1.82) is 0 Å². The molecule has 2 aromatic rings. The van der Waals surface area contributed by atoms with Crippen LogP contribution in [0, 0.1) is 0 Å². The molecular formula is C20H20N2O2. The SMILES string of the molecule is c1ccc(CC2CN=C(C3=NC[C@@H](Cc4ccccc4)O3)O2)cc1. The van der Waals surface area contributed by atoms with E-state index in [1.165, 1.54) is 11.1 Å². The lowest BCUT2D eigenvalue weighted by molar-refractivity contribution is 0.203. The number of ether oxygens (including phenoxy) is 2. The van der Waals surface area contributed by atoms with E-state index in [1.54, 1.807) is 0 Å². The van der Waals surface area contributed by atoms with Gasteiger partial charge in [-0.3, -0.25) is 0 Å². The van der Waals surface area contributed by atoms with Crippen LogP contribution >= 0.6 is 0 Å². The van der Waals surface area contributed by atoms with Gasteiger partial charge in [-0.15, -0.1) is 0 Å². The van der Waals surface area contributed by atoms with Gasteiger partial charge in [0.1, 0.15) is 12.2 Å². The Morgan fingerprint density at radius 2 is 1.08 bits per heavy atom. The van der Waals surface area contributed by atoms with Crippen molar-refractivity contribution in [2.75, 3.05) is 13.1 Å². The smallest absolute Gasteiger partial charge is 0.273 e. The molecule has 4 heteroatoms. The molecule has 2 aliphatic rings. The van der Waals surface area contributed by atoms with Crippen LogP contribution in [0.25, 0.3) is 0 Å². The van der Waals surface area contributed by atoms with Crippen LogP contribution in [0.15, 0.2) is 70.6 Å². The molecule has 0 aromatic heterocycles. The summed E-state index contributed by atoms with van der Waals surface area (Å²) in [4.78, 5) is 8.95. The molecule has 0 N–H and O–H groups in total. The third-order valence-electron chi connectivity index (χ3n) is 4.23. The second-order valence-corrected chi connectivity index (χ2v) is 6.15. The number of hydrogen-bond acceptors (Lipinski definition) is 4. The molecule has 122 valence electrons. The third kappa shape index (κ3) is 3.48. The number of aliphatic imine (C=N–C) groups is 2. The maximum Gasteiger partial charge on any atom is 0.273 e. The van der Waals surface area contributed by atoms with E-state index in [1.807, 2.05) is 36.4 Å². The van der Waals surface area contributed by atoms with E-state index in [2.05, 4.69) is 34.3 Å². The van der Waals surface area contributed by atoms with Crippen LogP contribution < -0.4 is 0 Å². The van der Waals surface area contributed by atoms with Gasteiger partial charge >= 0.3 is 0 Å². The summed E-state index contributed by atoms with van der Waals surface area (Å²) < 4.78 is 11.9. The fraction of sp³-hybridized carbons (Fsp3) is 0.300. The zero-order chi connectivity index (χ0) is 16.2. The van der Waals surface area contributed by atoms with Gasteiger partial charge < -0.3 is 9.47 Å². The molecule has 4 nitrogen and oxygen atoms in total. The normalized spacial score (nSPS) is 22.5. The fourth-order valence-corrected chi connectivity index (χ4v) is 3.04. The molecule has 0 radical (unpaired) electrons. The van der Waals surface area contributed by atoms with E-state index in [-0.39, 0.29) is 12.2 Å². The molecule has 0 aliphatic carbocycles. The molecule has 4 rings (SSSR count). The predicted molar refractivity (Wildman–Crippen MR) is 94.6 cm³/mol. The molecule has 2 aromatic carbocycles. The van der Waals surface area contributed by atoms with Crippen molar-refractivity contribution >= 4 is 11.8 Å². The fourth-order valence-electron chi connectivity index (χ4n) is 3.04. The summed E-state index contributed by atoms with van der Waals surface area (Å²) in [6.07, 6.45) is 1.85. The summed E-state index contributed by atoms with van der Waals surface area (Å²) in [6, 6.07) is 20.7. The van der Waals surface area contributed by atoms with Crippen molar-refractivity contribution < 1.29 is 9.47 Å². The van der Waals surface area contributed by atoms with Crippen LogP contribution in [0.5, 0.6) is 0 Å². The summed E-state index contributed by atoms with van der Waals surface area (Å²) in [6.45, 7) is 1.33. The van der Waals surface area contributed by atoms with Crippen molar-refractivity contribution in [3.63, 3.8) is 0 Å². The third-order valence-corrected chi connectivity index (χ3v) is 4.23. The van der Waals surface area contributed by atoms with Crippen molar-refractivity contribution in [3.8, 4) is 0 Å². The molecule has 2 aliphatic heterocycles. The molecule has 0 amide bonds. The van der Waals surface area contributed by atoms with Gasteiger partial charge in [0.05, 0.1) is 13.1 Å². The molecule has 0 spiro atoms. The van der Waals surface area contributed by atoms with Gasteiger partial charge in [0.15, 0.2) is 0 Å². The maximum absolute atomic E-state index is 5.94. The highest BCUT2D eigenvalue weighted by Crippen LogP contribution is 2.17. The Morgan fingerprint density at radius 1 is 0.667 bits per heavy atom. The molecule has 0 bridgehead atoms. The topological polar surface area (TPSA) is 43.2 Å². The van der Waals surface area contributed by atoms with E-state index in [4.69, 9.17) is 9.47 Å². The average Bonchev–Trinajstić information content (AvgIpc) is 3.26. The quantitative estimate of drug-likeness (QED) is 0.850. The number of hydrogen-bond donors (Lipinski definition) is 0. The molecular weight excluding hydrogens is 300 g/mol.